The quantitative estimate of drug-likeness (QED) is 0.331. The molecule has 0 N–H and O–H groups in total. The van der Waals surface area contributed by atoms with Gasteiger partial charge in [-0.3, -0.25) is 4.79 Å². The fraction of sp³-hybridized carbons (Fsp3) is 0.750. The van der Waals surface area contributed by atoms with Crippen LogP contribution in [0.4, 0.5) is 0 Å². The third-order valence-corrected chi connectivity index (χ3v) is 3.80. The Labute approximate surface area is 116 Å². The molecule has 1 rings (SSSR count). The molecule has 0 spiro atoms. The second-order valence-corrected chi connectivity index (χ2v) is 5.42. The zero-order chi connectivity index (χ0) is 14.1. The molecule has 0 heterocycles. The molecule has 19 heavy (non-hydrogen) atoms. The van der Waals surface area contributed by atoms with E-state index < -0.39 is 5.97 Å². The highest BCUT2D eigenvalue weighted by molar-refractivity contribution is 5.88. The molecule has 0 aromatic heterocycles. The van der Waals surface area contributed by atoms with Gasteiger partial charge in [-0.15, -0.1) is 0 Å². The standard InChI is InChI=1S/C16H24O3/c1-3-19-15(18)11-6-4-5-8-12-16(2)13-9-7-10-14(16)17/h3-5,7-10,12-13H2,1-2H3. The second-order valence-electron chi connectivity index (χ2n) is 5.42. The maximum Gasteiger partial charge on any atom is 0.384 e. The Balaban J connectivity index is 2.20. The molecule has 1 aliphatic rings. The third kappa shape index (κ3) is 5.46. The first-order valence-electron chi connectivity index (χ1n) is 7.27. The van der Waals surface area contributed by atoms with Gasteiger partial charge in [0.2, 0.25) is 0 Å². The van der Waals surface area contributed by atoms with Crippen molar-refractivity contribution in [2.45, 2.75) is 65.2 Å². The van der Waals surface area contributed by atoms with Gasteiger partial charge in [0.15, 0.2) is 0 Å². The van der Waals surface area contributed by atoms with Crippen molar-refractivity contribution in [1.29, 1.82) is 0 Å². The lowest BCUT2D eigenvalue weighted by Gasteiger charge is -2.31. The van der Waals surface area contributed by atoms with Gasteiger partial charge in [0.25, 0.3) is 0 Å². The number of hydrogen-bond donors (Lipinski definition) is 0. The van der Waals surface area contributed by atoms with Crippen LogP contribution in [-0.4, -0.2) is 18.4 Å². The summed E-state index contributed by atoms with van der Waals surface area (Å²) in [6, 6.07) is 0. The number of carbonyl (C=O) groups is 2. The van der Waals surface area contributed by atoms with Gasteiger partial charge in [-0.05, 0) is 32.6 Å². The molecule has 0 radical (unpaired) electrons. The van der Waals surface area contributed by atoms with Crippen LogP contribution in [0.15, 0.2) is 0 Å². The summed E-state index contributed by atoms with van der Waals surface area (Å²) >= 11 is 0. The highest BCUT2D eigenvalue weighted by Gasteiger charge is 2.33. The molecular weight excluding hydrogens is 240 g/mol. The Kier molecular flexibility index (Phi) is 6.62. The molecule has 0 amide bonds. The van der Waals surface area contributed by atoms with Crippen LogP contribution in [0.1, 0.15) is 65.2 Å². The van der Waals surface area contributed by atoms with Crippen molar-refractivity contribution < 1.29 is 14.3 Å². The van der Waals surface area contributed by atoms with Gasteiger partial charge in [0.1, 0.15) is 5.78 Å². The van der Waals surface area contributed by atoms with E-state index in [0.29, 0.717) is 18.8 Å². The Morgan fingerprint density at radius 1 is 1.37 bits per heavy atom. The van der Waals surface area contributed by atoms with Crippen molar-refractivity contribution in [2.75, 3.05) is 6.61 Å². The van der Waals surface area contributed by atoms with Crippen LogP contribution in [0.5, 0.6) is 0 Å². The van der Waals surface area contributed by atoms with E-state index >= 15 is 0 Å². The molecule has 0 aromatic rings. The van der Waals surface area contributed by atoms with Gasteiger partial charge in [-0.2, -0.15) is 0 Å². The lowest BCUT2D eigenvalue weighted by atomic mass is 9.71. The van der Waals surface area contributed by atoms with Gasteiger partial charge in [0, 0.05) is 24.2 Å². The number of hydrogen-bond acceptors (Lipinski definition) is 3. The molecule has 0 aromatic carbocycles. The molecule has 1 saturated carbocycles. The number of esters is 1. The predicted octanol–water partition coefficient (Wildman–Crippen LogP) is 3.26. The number of carbonyl (C=O) groups excluding carboxylic acids is 2. The van der Waals surface area contributed by atoms with Crippen molar-refractivity contribution in [3.63, 3.8) is 0 Å². The largest absolute Gasteiger partial charge is 0.456 e. The molecule has 3 heteroatoms. The zero-order valence-electron chi connectivity index (χ0n) is 12.1. The smallest absolute Gasteiger partial charge is 0.384 e. The summed E-state index contributed by atoms with van der Waals surface area (Å²) in [6.45, 7) is 4.23. The van der Waals surface area contributed by atoms with E-state index in [2.05, 4.69) is 18.8 Å². The van der Waals surface area contributed by atoms with Crippen LogP contribution < -0.4 is 0 Å². The molecule has 1 unspecified atom stereocenters. The number of Topliss-reactive ketones (excluding diaryl/α,β-unsaturated/α-hetero) is 1. The van der Waals surface area contributed by atoms with Crippen LogP contribution in [0, 0.1) is 17.3 Å². The highest BCUT2D eigenvalue weighted by atomic mass is 16.5. The van der Waals surface area contributed by atoms with Crippen molar-refractivity contribution in [3.05, 3.63) is 0 Å². The molecule has 0 saturated heterocycles. The molecule has 0 bridgehead atoms. The fourth-order valence-electron chi connectivity index (χ4n) is 2.54. The van der Waals surface area contributed by atoms with Gasteiger partial charge in [0.05, 0.1) is 6.61 Å². The minimum Gasteiger partial charge on any atom is -0.456 e. The van der Waals surface area contributed by atoms with Crippen LogP contribution >= 0.6 is 0 Å². The van der Waals surface area contributed by atoms with Gasteiger partial charge < -0.3 is 4.74 Å². The monoisotopic (exact) mass is 264 g/mol. The predicted molar refractivity (Wildman–Crippen MR) is 74.5 cm³/mol. The van der Waals surface area contributed by atoms with Crippen LogP contribution in [0.2, 0.25) is 0 Å². The minimum absolute atomic E-state index is 0.104. The summed E-state index contributed by atoms with van der Waals surface area (Å²) in [5, 5.41) is 0. The second kappa shape index (κ2) is 7.99. The highest BCUT2D eigenvalue weighted by Crippen LogP contribution is 2.37. The average molecular weight is 264 g/mol. The van der Waals surface area contributed by atoms with E-state index in [0.717, 1.165) is 38.5 Å². The van der Waals surface area contributed by atoms with E-state index in [4.69, 9.17) is 4.74 Å². The SMILES string of the molecule is CCOC(=O)C#CCCCCC1(C)CCCCC1=O. The Morgan fingerprint density at radius 2 is 2.16 bits per heavy atom. The first kappa shape index (κ1) is 15.8. The lowest BCUT2D eigenvalue weighted by Crippen LogP contribution is -2.30. The first-order chi connectivity index (χ1) is 9.08. The maximum atomic E-state index is 11.9. The Morgan fingerprint density at radius 3 is 2.84 bits per heavy atom. The van der Waals surface area contributed by atoms with Gasteiger partial charge >= 0.3 is 5.97 Å². The first-order valence-corrected chi connectivity index (χ1v) is 7.27. The summed E-state index contributed by atoms with van der Waals surface area (Å²) in [4.78, 5) is 22.9. The van der Waals surface area contributed by atoms with Crippen molar-refractivity contribution >= 4 is 11.8 Å². The molecule has 1 atom stereocenters. The average Bonchev–Trinajstić information content (AvgIpc) is 2.38. The van der Waals surface area contributed by atoms with Crippen molar-refractivity contribution in [1.82, 2.24) is 0 Å². The normalized spacial score (nSPS) is 22.5. The fourth-order valence-corrected chi connectivity index (χ4v) is 2.54. The lowest BCUT2D eigenvalue weighted by molar-refractivity contribution is -0.136. The topological polar surface area (TPSA) is 43.4 Å². The number of ether oxygens (including phenoxy) is 1. The number of ketones is 1. The number of rotatable bonds is 5. The molecule has 1 fully saturated rings. The van der Waals surface area contributed by atoms with Gasteiger partial charge in [-0.1, -0.05) is 25.7 Å². The molecular formula is C16H24O3. The Bertz CT molecular complexity index is 375. The zero-order valence-corrected chi connectivity index (χ0v) is 12.1. The molecule has 106 valence electrons. The molecule has 0 aliphatic heterocycles. The van der Waals surface area contributed by atoms with E-state index in [1.165, 1.54) is 6.42 Å². The molecule has 3 nitrogen and oxygen atoms in total. The maximum absolute atomic E-state index is 11.9. The van der Waals surface area contributed by atoms with E-state index in [9.17, 15) is 9.59 Å². The summed E-state index contributed by atoms with van der Waals surface area (Å²) in [5.74, 6) is 5.26. The van der Waals surface area contributed by atoms with Crippen LogP contribution in [0.3, 0.4) is 0 Å². The minimum atomic E-state index is -0.447. The van der Waals surface area contributed by atoms with E-state index in [1.807, 2.05) is 0 Å². The Hall–Kier alpha value is -1.30. The van der Waals surface area contributed by atoms with E-state index in [-0.39, 0.29) is 5.41 Å². The van der Waals surface area contributed by atoms with Gasteiger partial charge in [-0.25, -0.2) is 4.79 Å². The van der Waals surface area contributed by atoms with Crippen LogP contribution in [0.25, 0.3) is 0 Å². The summed E-state index contributed by atoms with van der Waals surface area (Å²) in [5.41, 5.74) is -0.104. The van der Waals surface area contributed by atoms with Crippen LogP contribution in [-0.2, 0) is 14.3 Å². The van der Waals surface area contributed by atoms with Crippen molar-refractivity contribution in [2.24, 2.45) is 5.41 Å². The third-order valence-electron chi connectivity index (χ3n) is 3.80. The summed E-state index contributed by atoms with van der Waals surface area (Å²) in [6.07, 6.45) is 7.59. The van der Waals surface area contributed by atoms with E-state index in [1.54, 1.807) is 6.92 Å². The van der Waals surface area contributed by atoms with Crippen molar-refractivity contribution in [3.8, 4) is 11.8 Å². The summed E-state index contributed by atoms with van der Waals surface area (Å²) in [7, 11) is 0. The summed E-state index contributed by atoms with van der Waals surface area (Å²) < 4.78 is 4.72. The number of unbranched alkanes of at least 4 members (excludes halogenated alkanes) is 2. The molecule has 1 aliphatic carbocycles.